The van der Waals surface area contributed by atoms with Gasteiger partial charge >= 0.3 is 12.0 Å². The van der Waals surface area contributed by atoms with Crippen LogP contribution in [0.3, 0.4) is 0 Å². The van der Waals surface area contributed by atoms with Crippen molar-refractivity contribution in [3.63, 3.8) is 0 Å². The average Bonchev–Trinajstić information content (AvgIpc) is 3.32. The van der Waals surface area contributed by atoms with Crippen molar-refractivity contribution in [1.82, 2.24) is 10.2 Å². The van der Waals surface area contributed by atoms with Crippen molar-refractivity contribution in [3.05, 3.63) is 46.1 Å². The summed E-state index contributed by atoms with van der Waals surface area (Å²) in [4.78, 5) is 26.6. The molecule has 0 saturated heterocycles. The van der Waals surface area contributed by atoms with E-state index in [2.05, 4.69) is 5.32 Å². The molecule has 1 heterocycles. The largest absolute Gasteiger partial charge is 0.463 e. The number of carbonyl (C=O) groups is 2. The average molecular weight is 335 g/mol. The maximum absolute atomic E-state index is 12.5. The Morgan fingerprint density at radius 1 is 1.35 bits per heavy atom. The SMILES string of the molecule is CCOC(=O)C1=C(C)N(C2CC2)C(=O)N[C@H]1c1ccc(Cl)cc1. The molecule has 2 amide bonds. The van der Waals surface area contributed by atoms with Gasteiger partial charge in [0, 0.05) is 16.8 Å². The van der Waals surface area contributed by atoms with Crippen LogP contribution in [-0.4, -0.2) is 29.5 Å². The number of nitrogens with zero attached hydrogens (tertiary/aromatic N) is 1. The van der Waals surface area contributed by atoms with Crippen LogP contribution < -0.4 is 5.32 Å². The van der Waals surface area contributed by atoms with Crippen molar-refractivity contribution >= 4 is 23.6 Å². The molecule has 3 rings (SSSR count). The lowest BCUT2D eigenvalue weighted by Crippen LogP contribution is -2.48. The van der Waals surface area contributed by atoms with Gasteiger partial charge in [0.1, 0.15) is 0 Å². The van der Waals surface area contributed by atoms with E-state index in [4.69, 9.17) is 16.3 Å². The first kappa shape index (κ1) is 15.9. The van der Waals surface area contributed by atoms with Gasteiger partial charge in [0.05, 0.1) is 18.2 Å². The Bertz CT molecular complexity index is 665. The summed E-state index contributed by atoms with van der Waals surface area (Å²) < 4.78 is 5.21. The van der Waals surface area contributed by atoms with E-state index in [9.17, 15) is 9.59 Å². The quantitative estimate of drug-likeness (QED) is 0.858. The van der Waals surface area contributed by atoms with Gasteiger partial charge in [-0.25, -0.2) is 9.59 Å². The van der Waals surface area contributed by atoms with Crippen molar-refractivity contribution in [2.24, 2.45) is 0 Å². The summed E-state index contributed by atoms with van der Waals surface area (Å²) in [5.41, 5.74) is 1.97. The molecule has 1 N–H and O–H groups in total. The summed E-state index contributed by atoms with van der Waals surface area (Å²) in [6.45, 7) is 3.87. The summed E-state index contributed by atoms with van der Waals surface area (Å²) in [6.07, 6.45) is 1.93. The second-order valence-electron chi connectivity index (χ2n) is 5.75. The molecule has 6 heteroatoms. The number of hydrogen-bond donors (Lipinski definition) is 1. The van der Waals surface area contributed by atoms with Gasteiger partial charge in [-0.05, 0) is 44.4 Å². The highest BCUT2D eigenvalue weighted by atomic mass is 35.5. The second kappa shape index (κ2) is 6.24. The highest BCUT2D eigenvalue weighted by molar-refractivity contribution is 6.30. The van der Waals surface area contributed by atoms with Gasteiger partial charge in [0.15, 0.2) is 0 Å². The zero-order valence-corrected chi connectivity index (χ0v) is 13.9. The van der Waals surface area contributed by atoms with E-state index < -0.39 is 12.0 Å². The van der Waals surface area contributed by atoms with Crippen molar-refractivity contribution in [1.29, 1.82) is 0 Å². The molecule has 23 heavy (non-hydrogen) atoms. The molecule has 0 bridgehead atoms. The first-order valence-electron chi connectivity index (χ1n) is 7.76. The molecule has 1 saturated carbocycles. The van der Waals surface area contributed by atoms with Crippen molar-refractivity contribution in [3.8, 4) is 0 Å². The molecule has 122 valence electrons. The molecule has 2 aliphatic rings. The lowest BCUT2D eigenvalue weighted by atomic mass is 9.95. The van der Waals surface area contributed by atoms with Gasteiger partial charge in [0.2, 0.25) is 0 Å². The van der Waals surface area contributed by atoms with Crippen molar-refractivity contribution in [2.45, 2.75) is 38.8 Å². The minimum absolute atomic E-state index is 0.169. The Morgan fingerprint density at radius 2 is 2.00 bits per heavy atom. The molecule has 5 nitrogen and oxygen atoms in total. The van der Waals surface area contributed by atoms with E-state index in [0.29, 0.717) is 22.9 Å². The van der Waals surface area contributed by atoms with Crippen molar-refractivity contribution in [2.75, 3.05) is 6.61 Å². The number of amides is 2. The van der Waals surface area contributed by atoms with Gasteiger partial charge in [-0.3, -0.25) is 4.90 Å². The predicted molar refractivity (Wildman–Crippen MR) is 86.9 cm³/mol. The first-order chi connectivity index (χ1) is 11.0. The molecule has 0 spiro atoms. The fraction of sp³-hybridized carbons (Fsp3) is 0.412. The van der Waals surface area contributed by atoms with E-state index in [1.807, 2.05) is 19.1 Å². The van der Waals surface area contributed by atoms with Crippen LogP contribution in [0.5, 0.6) is 0 Å². The molecule has 0 unspecified atom stereocenters. The Hall–Kier alpha value is -2.01. The minimum atomic E-state index is -0.520. The Morgan fingerprint density at radius 3 is 2.57 bits per heavy atom. The number of esters is 1. The Kier molecular flexibility index (Phi) is 4.31. The molecule has 1 aliphatic heterocycles. The Balaban J connectivity index is 2.04. The van der Waals surface area contributed by atoms with Crippen LogP contribution in [0.4, 0.5) is 4.79 Å². The van der Waals surface area contributed by atoms with Crippen LogP contribution >= 0.6 is 11.6 Å². The fourth-order valence-corrected chi connectivity index (χ4v) is 3.03. The number of nitrogens with one attached hydrogen (secondary N) is 1. The van der Waals surface area contributed by atoms with Crippen LogP contribution in [0, 0.1) is 0 Å². The van der Waals surface area contributed by atoms with Crippen LogP contribution in [-0.2, 0) is 9.53 Å². The topological polar surface area (TPSA) is 58.6 Å². The molecule has 1 aromatic carbocycles. The van der Waals surface area contributed by atoms with Crippen LogP contribution in [0.2, 0.25) is 5.02 Å². The number of rotatable bonds is 4. The van der Waals surface area contributed by atoms with Crippen LogP contribution in [0.25, 0.3) is 0 Å². The normalized spacial score (nSPS) is 21.3. The molecule has 1 atom stereocenters. The smallest absolute Gasteiger partial charge is 0.338 e. The fourth-order valence-electron chi connectivity index (χ4n) is 2.91. The van der Waals surface area contributed by atoms with E-state index in [-0.39, 0.29) is 12.1 Å². The van der Waals surface area contributed by atoms with Gasteiger partial charge in [0.25, 0.3) is 0 Å². The third-order valence-corrected chi connectivity index (χ3v) is 4.39. The van der Waals surface area contributed by atoms with E-state index in [1.165, 1.54) is 0 Å². The number of urea groups is 1. The van der Waals surface area contributed by atoms with Gasteiger partial charge in [-0.2, -0.15) is 0 Å². The predicted octanol–water partition coefficient (Wildman–Crippen LogP) is 3.41. The lowest BCUT2D eigenvalue weighted by molar-refractivity contribution is -0.139. The number of carbonyl (C=O) groups excluding carboxylic acids is 2. The summed E-state index contributed by atoms with van der Waals surface area (Å²) in [5.74, 6) is -0.393. The molecular formula is C17H19ClN2O3. The summed E-state index contributed by atoms with van der Waals surface area (Å²) >= 11 is 5.93. The van der Waals surface area contributed by atoms with Crippen LogP contribution in [0.15, 0.2) is 35.5 Å². The summed E-state index contributed by atoms with van der Waals surface area (Å²) in [6, 6.07) is 6.61. The standard InChI is InChI=1S/C17H19ClN2O3/c1-3-23-16(21)14-10(2)20(13-8-9-13)17(22)19-15(14)11-4-6-12(18)7-5-11/h4-7,13,15H,3,8-9H2,1-2H3,(H,19,22)/t15-/m0/s1. The molecule has 0 radical (unpaired) electrons. The highest BCUT2D eigenvalue weighted by Gasteiger charge is 2.42. The number of allylic oxidation sites excluding steroid dienone is 1. The second-order valence-corrected chi connectivity index (χ2v) is 6.19. The van der Waals surface area contributed by atoms with Gasteiger partial charge < -0.3 is 10.1 Å². The van der Waals surface area contributed by atoms with Gasteiger partial charge in [-0.1, -0.05) is 23.7 Å². The lowest BCUT2D eigenvalue weighted by Gasteiger charge is -2.35. The first-order valence-corrected chi connectivity index (χ1v) is 8.13. The number of halogens is 1. The number of ether oxygens (including phenoxy) is 1. The number of benzene rings is 1. The summed E-state index contributed by atoms with van der Waals surface area (Å²) in [7, 11) is 0. The third kappa shape index (κ3) is 3.06. The van der Waals surface area contributed by atoms with Gasteiger partial charge in [-0.15, -0.1) is 0 Å². The Labute approximate surface area is 140 Å². The molecule has 0 aromatic heterocycles. The monoisotopic (exact) mass is 334 g/mol. The zero-order valence-electron chi connectivity index (χ0n) is 13.1. The van der Waals surface area contributed by atoms with E-state index in [1.54, 1.807) is 24.0 Å². The highest BCUT2D eigenvalue weighted by Crippen LogP contribution is 2.38. The zero-order chi connectivity index (χ0) is 16.6. The van der Waals surface area contributed by atoms with E-state index in [0.717, 1.165) is 18.4 Å². The maximum atomic E-state index is 12.5. The van der Waals surface area contributed by atoms with Crippen LogP contribution in [0.1, 0.15) is 38.3 Å². The third-order valence-electron chi connectivity index (χ3n) is 4.14. The van der Waals surface area contributed by atoms with E-state index >= 15 is 0 Å². The van der Waals surface area contributed by atoms with Crippen molar-refractivity contribution < 1.29 is 14.3 Å². The maximum Gasteiger partial charge on any atom is 0.338 e. The molecular weight excluding hydrogens is 316 g/mol. The summed E-state index contributed by atoms with van der Waals surface area (Å²) in [5, 5.41) is 3.53. The molecule has 1 aliphatic carbocycles. The minimum Gasteiger partial charge on any atom is -0.463 e. The molecule has 1 aromatic rings. The number of hydrogen-bond acceptors (Lipinski definition) is 3. The molecule has 1 fully saturated rings.